The van der Waals surface area contributed by atoms with Gasteiger partial charge in [0.1, 0.15) is 6.54 Å². The Morgan fingerprint density at radius 1 is 1.23 bits per heavy atom. The lowest BCUT2D eigenvalue weighted by atomic mass is 9.95. The Morgan fingerprint density at radius 3 is 2.65 bits per heavy atom. The maximum atomic E-state index is 13.2. The molecular formula is C17H17F3N4O2. The molecule has 1 aliphatic carbocycles. The molecule has 1 aliphatic rings. The second-order valence-corrected chi connectivity index (χ2v) is 6.13. The van der Waals surface area contributed by atoms with Gasteiger partial charge in [0.15, 0.2) is 5.69 Å². The molecule has 9 heteroatoms. The number of alkyl halides is 3. The number of anilines is 1. The normalized spacial score (nSPS) is 14.0. The molecule has 3 rings (SSSR count). The molecule has 1 aromatic carbocycles. The number of aromatic nitrogens is 2. The van der Waals surface area contributed by atoms with Gasteiger partial charge in [0.25, 0.3) is 0 Å². The van der Waals surface area contributed by atoms with E-state index in [0.29, 0.717) is 30.6 Å². The third kappa shape index (κ3) is 3.71. The van der Waals surface area contributed by atoms with Crippen molar-refractivity contribution in [2.24, 2.45) is 5.73 Å². The molecule has 0 saturated carbocycles. The SMILES string of the molecule is NC(=O)c1cccc(NC(=O)Cn2nc(C(F)(F)F)c3c2CCCC3)c1. The number of hydrogen-bond donors (Lipinski definition) is 2. The fourth-order valence-electron chi connectivity index (χ4n) is 3.12. The van der Waals surface area contributed by atoms with Gasteiger partial charge in [-0.05, 0) is 43.9 Å². The Morgan fingerprint density at radius 2 is 1.96 bits per heavy atom. The van der Waals surface area contributed by atoms with E-state index in [-0.39, 0.29) is 17.7 Å². The van der Waals surface area contributed by atoms with Crippen LogP contribution < -0.4 is 11.1 Å². The predicted octanol–water partition coefficient (Wildman–Crippen LogP) is 2.52. The summed E-state index contributed by atoms with van der Waals surface area (Å²) in [7, 11) is 0. The highest BCUT2D eigenvalue weighted by molar-refractivity contribution is 5.96. The average Bonchev–Trinajstić information content (AvgIpc) is 2.94. The molecule has 1 aromatic heterocycles. The Kier molecular flexibility index (Phi) is 4.71. The summed E-state index contributed by atoms with van der Waals surface area (Å²) in [6.07, 6.45) is -2.33. The van der Waals surface area contributed by atoms with Crippen molar-refractivity contribution in [2.75, 3.05) is 5.32 Å². The van der Waals surface area contributed by atoms with Gasteiger partial charge in [-0.2, -0.15) is 18.3 Å². The monoisotopic (exact) mass is 366 g/mol. The summed E-state index contributed by atoms with van der Waals surface area (Å²) in [6.45, 7) is -0.334. The lowest BCUT2D eigenvalue weighted by molar-refractivity contribution is -0.142. The van der Waals surface area contributed by atoms with E-state index in [1.165, 1.54) is 12.1 Å². The minimum absolute atomic E-state index is 0.187. The van der Waals surface area contributed by atoms with Crippen LogP contribution in [0.15, 0.2) is 24.3 Å². The molecule has 0 aliphatic heterocycles. The van der Waals surface area contributed by atoms with E-state index in [2.05, 4.69) is 10.4 Å². The third-order valence-electron chi connectivity index (χ3n) is 4.25. The fourth-order valence-corrected chi connectivity index (χ4v) is 3.12. The van der Waals surface area contributed by atoms with Crippen molar-refractivity contribution < 1.29 is 22.8 Å². The number of hydrogen-bond acceptors (Lipinski definition) is 3. The van der Waals surface area contributed by atoms with Crippen LogP contribution in [0.2, 0.25) is 0 Å². The maximum Gasteiger partial charge on any atom is 0.435 e. The smallest absolute Gasteiger partial charge is 0.366 e. The summed E-state index contributed by atoms with van der Waals surface area (Å²) in [6, 6.07) is 6.01. The van der Waals surface area contributed by atoms with Crippen LogP contribution in [0.3, 0.4) is 0 Å². The maximum absolute atomic E-state index is 13.2. The summed E-state index contributed by atoms with van der Waals surface area (Å²) in [5.41, 5.74) is 5.49. The van der Waals surface area contributed by atoms with Crippen LogP contribution >= 0.6 is 0 Å². The van der Waals surface area contributed by atoms with Crippen LogP contribution in [0.5, 0.6) is 0 Å². The second kappa shape index (κ2) is 6.81. The van der Waals surface area contributed by atoms with Crippen LogP contribution in [0.25, 0.3) is 0 Å². The molecule has 6 nitrogen and oxygen atoms in total. The number of nitrogens with two attached hydrogens (primary N) is 1. The van der Waals surface area contributed by atoms with E-state index in [0.717, 1.165) is 11.1 Å². The number of benzene rings is 1. The average molecular weight is 366 g/mol. The molecule has 2 amide bonds. The quantitative estimate of drug-likeness (QED) is 0.871. The number of primary amides is 1. The molecule has 0 bridgehead atoms. The van der Waals surface area contributed by atoms with E-state index in [9.17, 15) is 22.8 Å². The number of fused-ring (bicyclic) bond motifs is 1. The van der Waals surface area contributed by atoms with Gasteiger partial charge in [-0.15, -0.1) is 0 Å². The predicted molar refractivity (Wildman–Crippen MR) is 87.5 cm³/mol. The molecule has 0 fully saturated rings. The Hall–Kier alpha value is -2.84. The fraction of sp³-hybridized carbons (Fsp3) is 0.353. The van der Waals surface area contributed by atoms with Gasteiger partial charge < -0.3 is 11.1 Å². The Labute approximate surface area is 147 Å². The number of nitrogens with one attached hydrogen (secondary N) is 1. The molecule has 0 atom stereocenters. The minimum Gasteiger partial charge on any atom is -0.366 e. The van der Waals surface area contributed by atoms with Crippen LogP contribution in [0.1, 0.15) is 40.2 Å². The number of rotatable bonds is 4. The topological polar surface area (TPSA) is 90.0 Å². The molecule has 0 spiro atoms. The van der Waals surface area contributed by atoms with Crippen molar-refractivity contribution in [3.05, 3.63) is 46.8 Å². The molecule has 0 radical (unpaired) electrons. The van der Waals surface area contributed by atoms with E-state index < -0.39 is 23.7 Å². The molecule has 3 N–H and O–H groups in total. The van der Waals surface area contributed by atoms with Crippen LogP contribution in [-0.2, 0) is 30.4 Å². The van der Waals surface area contributed by atoms with Crippen molar-refractivity contribution in [2.45, 2.75) is 38.4 Å². The summed E-state index contributed by atoms with van der Waals surface area (Å²) < 4.78 is 40.6. The lowest BCUT2D eigenvalue weighted by Crippen LogP contribution is -2.22. The summed E-state index contributed by atoms with van der Waals surface area (Å²) in [5, 5.41) is 6.20. The molecule has 138 valence electrons. The first-order valence-electron chi connectivity index (χ1n) is 8.11. The van der Waals surface area contributed by atoms with Crippen molar-refractivity contribution >= 4 is 17.5 Å². The van der Waals surface area contributed by atoms with Crippen molar-refractivity contribution in [3.63, 3.8) is 0 Å². The zero-order valence-electron chi connectivity index (χ0n) is 13.8. The molecule has 0 saturated heterocycles. The minimum atomic E-state index is -4.54. The number of carbonyl (C=O) groups is 2. The first-order chi connectivity index (χ1) is 12.3. The molecule has 2 aromatic rings. The molecular weight excluding hydrogens is 349 g/mol. The van der Waals surface area contributed by atoms with Gasteiger partial charge in [-0.3, -0.25) is 14.3 Å². The van der Waals surface area contributed by atoms with Gasteiger partial charge >= 0.3 is 6.18 Å². The number of amides is 2. The third-order valence-corrected chi connectivity index (χ3v) is 4.25. The highest BCUT2D eigenvalue weighted by Crippen LogP contribution is 2.35. The van der Waals surface area contributed by atoms with E-state index in [1.54, 1.807) is 12.1 Å². The number of halogens is 3. The highest BCUT2D eigenvalue weighted by Gasteiger charge is 2.39. The van der Waals surface area contributed by atoms with Crippen LogP contribution in [0.4, 0.5) is 18.9 Å². The summed E-state index contributed by atoms with van der Waals surface area (Å²) in [4.78, 5) is 23.4. The first-order valence-corrected chi connectivity index (χ1v) is 8.11. The van der Waals surface area contributed by atoms with Crippen LogP contribution in [0, 0.1) is 0 Å². The van der Waals surface area contributed by atoms with Gasteiger partial charge in [0.2, 0.25) is 11.8 Å². The van der Waals surface area contributed by atoms with E-state index in [1.807, 2.05) is 0 Å². The van der Waals surface area contributed by atoms with Gasteiger partial charge in [-0.25, -0.2) is 0 Å². The summed E-state index contributed by atoms with van der Waals surface area (Å²) >= 11 is 0. The zero-order chi connectivity index (χ0) is 18.9. The Bertz CT molecular complexity index is 858. The zero-order valence-corrected chi connectivity index (χ0v) is 13.8. The molecule has 26 heavy (non-hydrogen) atoms. The lowest BCUT2D eigenvalue weighted by Gasteiger charge is -2.14. The standard InChI is InChI=1S/C17H17F3N4O2/c18-17(19,20)15-12-6-1-2-7-13(12)24(23-15)9-14(25)22-11-5-3-4-10(8-11)16(21)26/h3-5,8H,1-2,6-7,9H2,(H2,21,26)(H,22,25). The summed E-state index contributed by atoms with van der Waals surface area (Å²) in [5.74, 6) is -1.17. The number of carbonyl (C=O) groups excluding carboxylic acids is 2. The largest absolute Gasteiger partial charge is 0.435 e. The van der Waals surface area contributed by atoms with Crippen molar-refractivity contribution in [1.82, 2.24) is 9.78 Å². The molecule has 0 unspecified atom stereocenters. The van der Waals surface area contributed by atoms with Gasteiger partial charge in [0.05, 0.1) is 0 Å². The van der Waals surface area contributed by atoms with E-state index in [4.69, 9.17) is 5.73 Å². The molecule has 1 heterocycles. The van der Waals surface area contributed by atoms with Crippen LogP contribution in [-0.4, -0.2) is 21.6 Å². The van der Waals surface area contributed by atoms with Crippen molar-refractivity contribution in [1.29, 1.82) is 0 Å². The van der Waals surface area contributed by atoms with Gasteiger partial charge in [0, 0.05) is 22.5 Å². The van der Waals surface area contributed by atoms with E-state index >= 15 is 0 Å². The van der Waals surface area contributed by atoms with Crippen molar-refractivity contribution in [3.8, 4) is 0 Å². The number of nitrogens with zero attached hydrogens (tertiary/aromatic N) is 2. The highest BCUT2D eigenvalue weighted by atomic mass is 19.4. The Balaban J connectivity index is 1.81. The first kappa shape index (κ1) is 18.0. The second-order valence-electron chi connectivity index (χ2n) is 6.13. The van der Waals surface area contributed by atoms with Gasteiger partial charge in [-0.1, -0.05) is 6.07 Å².